The van der Waals surface area contributed by atoms with Crippen LogP contribution in [0.5, 0.6) is 11.8 Å². The molecule has 2 heterocycles. The van der Waals surface area contributed by atoms with Gasteiger partial charge in [0.05, 0.1) is 18.4 Å². The molecule has 0 radical (unpaired) electrons. The third-order valence-corrected chi connectivity index (χ3v) is 7.93. The van der Waals surface area contributed by atoms with E-state index in [0.717, 1.165) is 12.8 Å². The number of halogens is 4. The molecule has 2 N–H and O–H groups in total. The zero-order valence-electron chi connectivity index (χ0n) is 19.0. The monoisotopic (exact) mass is 528 g/mol. The highest BCUT2D eigenvalue weighted by Gasteiger charge is 2.58. The minimum atomic E-state index is -4.65. The second-order valence-electron chi connectivity index (χ2n) is 10.2. The second kappa shape index (κ2) is 8.53. The number of hydrogen-bond acceptors (Lipinski definition) is 7. The Morgan fingerprint density at radius 3 is 2.72 bits per heavy atom. The summed E-state index contributed by atoms with van der Waals surface area (Å²) in [6.07, 6.45) is -3.39. The van der Waals surface area contributed by atoms with Crippen LogP contribution in [0.2, 0.25) is 5.02 Å². The summed E-state index contributed by atoms with van der Waals surface area (Å²) in [6.45, 7) is 0. The first kappa shape index (κ1) is 23.9. The van der Waals surface area contributed by atoms with E-state index in [4.69, 9.17) is 25.5 Å². The minimum absolute atomic E-state index is 0.0333. The molecule has 0 saturated heterocycles. The summed E-state index contributed by atoms with van der Waals surface area (Å²) in [5, 5.41) is 14.1. The Hall–Kier alpha value is -2.50. The zero-order valence-corrected chi connectivity index (χ0v) is 19.7. The maximum absolute atomic E-state index is 13.0. The van der Waals surface area contributed by atoms with E-state index in [-0.39, 0.29) is 42.7 Å². The average molecular weight is 529 g/mol. The molecule has 7 rings (SSSR count). The average Bonchev–Trinajstić information content (AvgIpc) is 3.44. The van der Waals surface area contributed by atoms with Crippen LogP contribution in [0.4, 0.5) is 13.2 Å². The number of aliphatic hydroxyl groups excluding tert-OH is 1. The largest absolute Gasteiger partial charge is 0.522 e. The Kier molecular flexibility index (Phi) is 5.65. The number of aromatic nitrogens is 1. The van der Waals surface area contributed by atoms with Gasteiger partial charge in [-0.3, -0.25) is 9.53 Å². The number of hydrogen-bond donors (Lipinski definition) is 2. The third-order valence-electron chi connectivity index (χ3n) is 7.69. The Bertz CT molecular complexity index is 1160. The molecule has 3 atom stereocenters. The fourth-order valence-electron chi connectivity index (χ4n) is 5.93. The van der Waals surface area contributed by atoms with Gasteiger partial charge in [0.25, 0.3) is 5.91 Å². The number of oxazole rings is 1. The number of nitrogens with zero attached hydrogens (tertiary/aromatic N) is 1. The van der Waals surface area contributed by atoms with Crippen LogP contribution in [-0.2, 0) is 9.53 Å². The van der Waals surface area contributed by atoms with Gasteiger partial charge in [-0.1, -0.05) is 11.6 Å². The molecule has 1 amide bonds. The number of ether oxygens (including phenoxy) is 3. The number of alkyl halides is 3. The Balaban J connectivity index is 1.02. The molecule has 1 aromatic heterocycles. The van der Waals surface area contributed by atoms with Gasteiger partial charge in [0.15, 0.2) is 6.10 Å². The molecule has 8 nitrogen and oxygen atoms in total. The number of fused-ring (bicyclic) bond motifs is 2. The van der Waals surface area contributed by atoms with E-state index in [1.165, 1.54) is 0 Å². The lowest BCUT2D eigenvalue weighted by atomic mass is 9.75. The van der Waals surface area contributed by atoms with Crippen LogP contribution >= 0.6 is 11.6 Å². The second-order valence-corrected chi connectivity index (χ2v) is 10.7. The van der Waals surface area contributed by atoms with Crippen molar-refractivity contribution in [3.05, 3.63) is 40.7 Å². The fraction of sp³-hybridized carbons (Fsp3) is 0.583. The van der Waals surface area contributed by atoms with E-state index in [0.29, 0.717) is 34.4 Å². The lowest BCUT2D eigenvalue weighted by molar-refractivity contribution is -0.355. The first-order valence-electron chi connectivity index (χ1n) is 11.9. The molecule has 12 heteroatoms. The standard InChI is InChI=1S/C24H24ClF3N2O6/c25-12-1-2-18-15(3-12)17(31)6-19(34-18)21(32)30-23-7-11(8-23)16(9-23)20-10-29-22(35-20)33-13-4-14(5-13)36-24(26,27)28/h1-3,10-11,13-14,16-17,19,31H,4-9H2,(H,30,32)/t11?,13?,14?,16?,17-,19-,23?/m1/s1. The maximum Gasteiger partial charge on any atom is 0.522 e. The van der Waals surface area contributed by atoms with Crippen molar-refractivity contribution in [1.82, 2.24) is 10.3 Å². The van der Waals surface area contributed by atoms with Crippen molar-refractivity contribution >= 4 is 17.5 Å². The van der Waals surface area contributed by atoms with Crippen LogP contribution in [-0.4, -0.2) is 46.2 Å². The Labute approximate surface area is 209 Å². The summed E-state index contributed by atoms with van der Waals surface area (Å²) in [5.74, 6) is 1.19. The molecule has 1 aliphatic heterocycles. The SMILES string of the molecule is O=C(NC12CC(C1)C(c1cnc(OC3CC(OC(F)(F)F)C3)o1)C2)[C@H]1C[C@@H](O)c2cc(Cl)ccc2O1. The van der Waals surface area contributed by atoms with E-state index in [9.17, 15) is 23.1 Å². The van der Waals surface area contributed by atoms with Crippen molar-refractivity contribution in [2.75, 3.05) is 0 Å². The van der Waals surface area contributed by atoms with Gasteiger partial charge in [-0.25, -0.2) is 0 Å². The van der Waals surface area contributed by atoms with E-state index < -0.39 is 30.8 Å². The number of rotatable bonds is 6. The van der Waals surface area contributed by atoms with Crippen LogP contribution in [0.15, 0.2) is 28.8 Å². The van der Waals surface area contributed by atoms with Crippen LogP contribution in [0.3, 0.4) is 0 Å². The number of aliphatic hydroxyl groups is 1. The van der Waals surface area contributed by atoms with Gasteiger partial charge in [0.1, 0.15) is 17.6 Å². The van der Waals surface area contributed by atoms with E-state index in [1.54, 1.807) is 24.4 Å². The number of amides is 1. The smallest absolute Gasteiger partial charge is 0.480 e. The van der Waals surface area contributed by atoms with Crippen molar-refractivity contribution in [1.29, 1.82) is 0 Å². The first-order valence-corrected chi connectivity index (χ1v) is 12.3. The quantitative estimate of drug-likeness (QED) is 0.572. The summed E-state index contributed by atoms with van der Waals surface area (Å²) < 4.78 is 57.9. The molecule has 4 saturated carbocycles. The normalized spacial score (nSPS) is 34.7. The highest BCUT2D eigenvalue weighted by molar-refractivity contribution is 6.30. The first-order chi connectivity index (χ1) is 17.1. The van der Waals surface area contributed by atoms with Crippen LogP contribution in [0.1, 0.15) is 61.9 Å². The summed E-state index contributed by atoms with van der Waals surface area (Å²) in [6, 6.07) is 4.95. The predicted octanol–water partition coefficient (Wildman–Crippen LogP) is 4.41. The molecule has 2 bridgehead atoms. The van der Waals surface area contributed by atoms with Gasteiger partial charge in [-0.05, 0) is 43.4 Å². The Morgan fingerprint density at radius 2 is 1.97 bits per heavy atom. The highest BCUT2D eigenvalue weighted by Crippen LogP contribution is 2.59. The molecule has 0 spiro atoms. The maximum atomic E-state index is 13.0. The molecular weight excluding hydrogens is 505 g/mol. The molecular formula is C24H24ClF3N2O6. The lowest BCUT2D eigenvalue weighted by Crippen LogP contribution is -2.56. The van der Waals surface area contributed by atoms with Gasteiger partial charge in [0, 0.05) is 41.3 Å². The van der Waals surface area contributed by atoms with E-state index >= 15 is 0 Å². The van der Waals surface area contributed by atoms with Crippen molar-refractivity contribution in [3.63, 3.8) is 0 Å². The number of carbonyl (C=O) groups excluding carboxylic acids is 1. The molecule has 1 aromatic carbocycles. The summed E-state index contributed by atoms with van der Waals surface area (Å²) in [7, 11) is 0. The molecule has 5 aliphatic rings. The molecule has 2 aromatic rings. The molecule has 4 aliphatic carbocycles. The van der Waals surface area contributed by atoms with Gasteiger partial charge in [0.2, 0.25) is 0 Å². The Morgan fingerprint density at radius 1 is 1.19 bits per heavy atom. The lowest BCUT2D eigenvalue weighted by Gasteiger charge is -2.40. The van der Waals surface area contributed by atoms with Crippen molar-refractivity contribution < 1.29 is 41.7 Å². The summed E-state index contributed by atoms with van der Waals surface area (Å²) in [4.78, 5) is 17.1. The van der Waals surface area contributed by atoms with Crippen molar-refractivity contribution in [3.8, 4) is 11.8 Å². The fourth-order valence-corrected chi connectivity index (χ4v) is 6.11. The molecule has 1 unspecified atom stereocenters. The van der Waals surface area contributed by atoms with E-state index in [2.05, 4.69) is 15.0 Å². The van der Waals surface area contributed by atoms with Crippen LogP contribution in [0.25, 0.3) is 0 Å². The summed E-state index contributed by atoms with van der Waals surface area (Å²) in [5.41, 5.74) is 0.202. The van der Waals surface area contributed by atoms with Gasteiger partial charge in [-0.2, -0.15) is 4.98 Å². The van der Waals surface area contributed by atoms with Crippen LogP contribution in [0, 0.1) is 5.92 Å². The topological polar surface area (TPSA) is 103 Å². The van der Waals surface area contributed by atoms with Gasteiger partial charge in [-0.15, -0.1) is 13.2 Å². The number of carbonyl (C=O) groups is 1. The number of nitrogens with one attached hydrogen (secondary N) is 1. The van der Waals surface area contributed by atoms with E-state index in [1.807, 2.05) is 0 Å². The zero-order chi connectivity index (χ0) is 25.2. The number of benzene rings is 1. The van der Waals surface area contributed by atoms with Gasteiger partial charge >= 0.3 is 12.4 Å². The minimum Gasteiger partial charge on any atom is -0.480 e. The third kappa shape index (κ3) is 4.52. The van der Waals surface area contributed by atoms with Crippen molar-refractivity contribution in [2.24, 2.45) is 5.92 Å². The van der Waals surface area contributed by atoms with Crippen LogP contribution < -0.4 is 14.8 Å². The summed E-state index contributed by atoms with van der Waals surface area (Å²) >= 11 is 6.00. The molecule has 4 fully saturated rings. The molecule has 36 heavy (non-hydrogen) atoms. The predicted molar refractivity (Wildman–Crippen MR) is 117 cm³/mol. The van der Waals surface area contributed by atoms with Gasteiger partial charge < -0.3 is 24.3 Å². The molecule has 194 valence electrons. The highest BCUT2D eigenvalue weighted by atomic mass is 35.5. The van der Waals surface area contributed by atoms with Crippen molar-refractivity contribution in [2.45, 2.75) is 80.8 Å².